The number of hydrogen-bond acceptors (Lipinski definition) is 3. The maximum atomic E-state index is 13.7. The van der Waals surface area contributed by atoms with Crippen molar-refractivity contribution in [3.8, 4) is 5.69 Å². The molecule has 5 heteroatoms. The number of nitrogens with one attached hydrogen (secondary N) is 1. The molecule has 0 atom stereocenters. The molecule has 2 aromatic rings. The lowest BCUT2D eigenvalue weighted by molar-refractivity contribution is -0.140. The molecule has 7 rings (SSSR count). The molecule has 5 aliphatic rings. The molecule has 0 saturated heterocycles. The van der Waals surface area contributed by atoms with Gasteiger partial charge in [0.15, 0.2) is 0 Å². The number of carbonyl (C=O) groups excluding carboxylic acids is 1. The number of hydrogen-bond donors (Lipinski definition) is 1. The van der Waals surface area contributed by atoms with Crippen molar-refractivity contribution in [1.82, 2.24) is 9.78 Å². The summed E-state index contributed by atoms with van der Waals surface area (Å²) in [5.74, 6) is 5.40. The molecular formula is C23H27N3OS. The van der Waals surface area contributed by atoms with Gasteiger partial charge < -0.3 is 5.32 Å². The number of anilines is 1. The Morgan fingerprint density at radius 1 is 1.11 bits per heavy atom. The highest BCUT2D eigenvalue weighted by atomic mass is 32.2. The largest absolute Gasteiger partial charge is 0.310 e. The van der Waals surface area contributed by atoms with Gasteiger partial charge in [-0.05, 0) is 74.8 Å². The van der Waals surface area contributed by atoms with Gasteiger partial charge in [0.25, 0.3) is 0 Å². The highest BCUT2D eigenvalue weighted by Gasteiger charge is 2.54. The topological polar surface area (TPSA) is 46.9 Å². The fourth-order valence-electron chi connectivity index (χ4n) is 6.75. The number of aryl methyl sites for hydroxylation is 1. The second-order valence-electron chi connectivity index (χ2n) is 9.62. The number of amides is 1. The average Bonchev–Trinajstić information content (AvgIpc) is 3.24. The zero-order chi connectivity index (χ0) is 18.9. The van der Waals surface area contributed by atoms with Gasteiger partial charge in [-0.1, -0.05) is 18.2 Å². The van der Waals surface area contributed by atoms with Crippen molar-refractivity contribution in [2.45, 2.75) is 57.0 Å². The van der Waals surface area contributed by atoms with Crippen LogP contribution in [0.2, 0.25) is 0 Å². The van der Waals surface area contributed by atoms with E-state index in [0.717, 1.165) is 65.7 Å². The van der Waals surface area contributed by atoms with E-state index in [9.17, 15) is 4.79 Å². The Labute approximate surface area is 170 Å². The van der Waals surface area contributed by atoms with E-state index in [-0.39, 0.29) is 11.3 Å². The second kappa shape index (κ2) is 6.12. The predicted octanol–water partition coefficient (Wildman–Crippen LogP) is 5.08. The Bertz CT molecular complexity index is 927. The molecule has 0 spiro atoms. The van der Waals surface area contributed by atoms with E-state index < -0.39 is 0 Å². The van der Waals surface area contributed by atoms with E-state index >= 15 is 0 Å². The van der Waals surface area contributed by atoms with E-state index in [4.69, 9.17) is 5.10 Å². The van der Waals surface area contributed by atoms with Crippen LogP contribution in [0.5, 0.6) is 0 Å². The molecule has 1 amide bonds. The van der Waals surface area contributed by atoms with E-state index in [1.807, 2.05) is 16.4 Å². The first-order valence-corrected chi connectivity index (χ1v) is 11.8. The van der Waals surface area contributed by atoms with Crippen LogP contribution in [0.1, 0.15) is 55.3 Å². The normalized spacial score (nSPS) is 32.5. The number of thioether (sulfide) groups is 1. The van der Waals surface area contributed by atoms with Crippen LogP contribution in [0.3, 0.4) is 0 Å². The van der Waals surface area contributed by atoms with E-state index in [0.29, 0.717) is 0 Å². The minimum absolute atomic E-state index is 0.131. The van der Waals surface area contributed by atoms with Crippen LogP contribution in [0, 0.1) is 30.1 Å². The van der Waals surface area contributed by atoms with Crippen molar-refractivity contribution >= 4 is 23.5 Å². The molecule has 146 valence electrons. The number of carbonyl (C=O) groups is 1. The van der Waals surface area contributed by atoms with Gasteiger partial charge in [0, 0.05) is 17.1 Å². The van der Waals surface area contributed by atoms with Gasteiger partial charge in [0.05, 0.1) is 16.8 Å². The molecule has 4 fully saturated rings. The molecule has 2 heterocycles. The Balaban J connectivity index is 1.38. The fraction of sp³-hybridized carbons (Fsp3) is 0.565. The summed E-state index contributed by atoms with van der Waals surface area (Å²) >= 11 is 1.89. The van der Waals surface area contributed by atoms with Gasteiger partial charge in [0.1, 0.15) is 5.82 Å². The van der Waals surface area contributed by atoms with Crippen LogP contribution in [0.4, 0.5) is 5.82 Å². The smallest absolute Gasteiger partial charge is 0.231 e. The van der Waals surface area contributed by atoms with Crippen molar-refractivity contribution in [2.75, 3.05) is 5.32 Å². The van der Waals surface area contributed by atoms with Crippen LogP contribution in [-0.2, 0) is 16.3 Å². The number of aromatic nitrogens is 2. The summed E-state index contributed by atoms with van der Waals surface area (Å²) in [6.45, 7) is 2.11. The van der Waals surface area contributed by atoms with Gasteiger partial charge in [-0.3, -0.25) is 4.79 Å². The molecule has 1 aliphatic heterocycles. The third-order valence-electron chi connectivity index (χ3n) is 7.65. The number of nitrogens with zero attached hydrogens (tertiary/aromatic N) is 2. The molecule has 1 aromatic carbocycles. The minimum Gasteiger partial charge on any atom is -0.310 e. The molecule has 4 nitrogen and oxygen atoms in total. The fourth-order valence-corrected chi connectivity index (χ4v) is 7.78. The van der Waals surface area contributed by atoms with Crippen molar-refractivity contribution in [1.29, 1.82) is 0 Å². The molecule has 1 N–H and O–H groups in total. The predicted molar refractivity (Wildman–Crippen MR) is 113 cm³/mol. The van der Waals surface area contributed by atoms with E-state index in [1.165, 1.54) is 30.4 Å². The summed E-state index contributed by atoms with van der Waals surface area (Å²) in [7, 11) is 0. The first-order chi connectivity index (χ1) is 13.6. The second-order valence-corrected chi connectivity index (χ2v) is 10.6. The van der Waals surface area contributed by atoms with Crippen LogP contribution in [0.25, 0.3) is 5.69 Å². The van der Waals surface area contributed by atoms with Crippen molar-refractivity contribution in [2.24, 2.45) is 23.2 Å². The first-order valence-electron chi connectivity index (χ1n) is 10.7. The molecule has 28 heavy (non-hydrogen) atoms. The molecule has 4 aliphatic carbocycles. The van der Waals surface area contributed by atoms with Crippen molar-refractivity contribution in [3.63, 3.8) is 0 Å². The first kappa shape index (κ1) is 17.1. The number of benzene rings is 1. The van der Waals surface area contributed by atoms with Crippen LogP contribution >= 0.6 is 11.8 Å². The molecule has 4 saturated carbocycles. The summed E-state index contributed by atoms with van der Waals surface area (Å²) in [6, 6.07) is 8.32. The highest BCUT2D eigenvalue weighted by molar-refractivity contribution is 7.98. The molecule has 4 bridgehead atoms. The minimum atomic E-state index is -0.131. The van der Waals surface area contributed by atoms with Gasteiger partial charge in [-0.25, -0.2) is 4.68 Å². The number of para-hydroxylation sites is 1. The Hall–Kier alpha value is -1.75. The SMILES string of the molecule is Cc1ccccc1-n1nc2c(c1NC(=O)C13CC4CC(CC(C4)C1)C3)CSC2. The summed E-state index contributed by atoms with van der Waals surface area (Å²) < 4.78 is 2.00. The van der Waals surface area contributed by atoms with E-state index in [1.54, 1.807) is 0 Å². The Kier molecular flexibility index (Phi) is 3.75. The molecular weight excluding hydrogens is 366 g/mol. The lowest BCUT2D eigenvalue weighted by atomic mass is 9.49. The van der Waals surface area contributed by atoms with Crippen LogP contribution < -0.4 is 5.32 Å². The van der Waals surface area contributed by atoms with Crippen LogP contribution in [0.15, 0.2) is 24.3 Å². The van der Waals surface area contributed by atoms with Gasteiger partial charge in [0.2, 0.25) is 5.91 Å². The zero-order valence-corrected chi connectivity index (χ0v) is 17.2. The number of rotatable bonds is 3. The Morgan fingerprint density at radius 2 is 1.79 bits per heavy atom. The summed E-state index contributed by atoms with van der Waals surface area (Å²) in [5.41, 5.74) is 4.48. The zero-order valence-electron chi connectivity index (χ0n) is 16.4. The third-order valence-corrected chi connectivity index (χ3v) is 8.62. The van der Waals surface area contributed by atoms with Gasteiger partial charge >= 0.3 is 0 Å². The number of fused-ring (bicyclic) bond motifs is 1. The molecule has 0 radical (unpaired) electrons. The lowest BCUT2D eigenvalue weighted by Gasteiger charge is -2.55. The average molecular weight is 394 g/mol. The molecule has 1 aromatic heterocycles. The third kappa shape index (κ3) is 2.51. The Morgan fingerprint density at radius 3 is 2.46 bits per heavy atom. The van der Waals surface area contributed by atoms with E-state index in [2.05, 4.69) is 36.5 Å². The lowest BCUT2D eigenvalue weighted by Crippen LogP contribution is -2.52. The summed E-state index contributed by atoms with van der Waals surface area (Å²) in [4.78, 5) is 13.7. The molecule has 0 unspecified atom stereocenters. The quantitative estimate of drug-likeness (QED) is 0.791. The maximum absolute atomic E-state index is 13.7. The van der Waals surface area contributed by atoms with Gasteiger partial charge in [-0.2, -0.15) is 16.9 Å². The summed E-state index contributed by atoms with van der Waals surface area (Å²) in [6.07, 6.45) is 7.37. The highest BCUT2D eigenvalue weighted by Crippen LogP contribution is 2.60. The van der Waals surface area contributed by atoms with Crippen molar-refractivity contribution < 1.29 is 4.79 Å². The van der Waals surface area contributed by atoms with Crippen molar-refractivity contribution in [3.05, 3.63) is 41.1 Å². The standard InChI is InChI=1S/C23H27N3OS/c1-14-4-2-3-5-20(14)26-21(18-12-28-13-19(18)25-26)24-22(27)23-9-15-6-16(10-23)8-17(7-15)11-23/h2-5,15-17H,6-13H2,1H3,(H,24,27). The van der Waals surface area contributed by atoms with Crippen LogP contribution in [-0.4, -0.2) is 15.7 Å². The maximum Gasteiger partial charge on any atom is 0.231 e. The summed E-state index contributed by atoms with van der Waals surface area (Å²) in [5, 5.41) is 8.32. The van der Waals surface area contributed by atoms with Gasteiger partial charge in [-0.15, -0.1) is 0 Å². The monoisotopic (exact) mass is 393 g/mol.